The Morgan fingerprint density at radius 3 is 3.17 bits per heavy atom. The van der Waals surface area contributed by atoms with Crippen LogP contribution in [0.15, 0.2) is 22.8 Å². The van der Waals surface area contributed by atoms with E-state index in [9.17, 15) is 4.79 Å². The van der Waals surface area contributed by atoms with Crippen LogP contribution in [0.2, 0.25) is 0 Å². The van der Waals surface area contributed by atoms with Crippen molar-refractivity contribution in [3.63, 3.8) is 0 Å². The van der Waals surface area contributed by atoms with Crippen LogP contribution in [0.3, 0.4) is 0 Å². The summed E-state index contributed by atoms with van der Waals surface area (Å²) in [4.78, 5) is 14.0. The first-order valence-electron chi connectivity index (χ1n) is 6.14. The van der Waals surface area contributed by atoms with Crippen molar-refractivity contribution in [2.24, 2.45) is 0 Å². The highest BCUT2D eigenvalue weighted by Gasteiger charge is 2.30. The van der Waals surface area contributed by atoms with E-state index in [2.05, 4.69) is 11.4 Å². The number of carbonyl (C=O) groups excluding carboxylic acids is 1. The normalized spacial score (nSPS) is 25.2. The molecule has 1 aliphatic heterocycles. The molecule has 2 rings (SSSR count). The second-order valence-electron chi connectivity index (χ2n) is 4.63. The average molecular weight is 247 g/mol. The van der Waals surface area contributed by atoms with Crippen LogP contribution in [0.25, 0.3) is 0 Å². The Morgan fingerprint density at radius 1 is 1.67 bits per heavy atom. The van der Waals surface area contributed by atoms with E-state index in [1.165, 1.54) is 0 Å². The predicted octanol–water partition coefficient (Wildman–Crippen LogP) is 1.27. The van der Waals surface area contributed by atoms with Crippen molar-refractivity contribution in [3.05, 3.63) is 24.2 Å². The van der Waals surface area contributed by atoms with Gasteiger partial charge >= 0.3 is 0 Å². The van der Waals surface area contributed by atoms with Gasteiger partial charge in [-0.05, 0) is 25.5 Å². The minimum absolute atomic E-state index is 0.0619. The smallest absolute Gasteiger partial charge is 0.238 e. The molecule has 0 radical (unpaired) electrons. The van der Waals surface area contributed by atoms with Gasteiger partial charge in [-0.3, -0.25) is 9.69 Å². The van der Waals surface area contributed by atoms with Gasteiger partial charge in [0, 0.05) is 12.6 Å². The fourth-order valence-corrected chi connectivity index (χ4v) is 2.19. The quantitative estimate of drug-likeness (QED) is 0.873. The van der Waals surface area contributed by atoms with E-state index in [0.29, 0.717) is 6.54 Å². The maximum absolute atomic E-state index is 12.0. The number of carbonyl (C=O) groups is 1. The first-order valence-corrected chi connectivity index (χ1v) is 6.14. The molecule has 1 aliphatic rings. The summed E-state index contributed by atoms with van der Waals surface area (Å²) in [5.41, 5.74) is 0. The second kappa shape index (κ2) is 5.69. The van der Waals surface area contributed by atoms with Gasteiger partial charge in [0.2, 0.25) is 5.91 Å². The third-order valence-electron chi connectivity index (χ3n) is 3.21. The summed E-state index contributed by atoms with van der Waals surface area (Å²) < 4.78 is 5.31. The molecule has 2 heterocycles. The van der Waals surface area contributed by atoms with E-state index in [0.717, 1.165) is 18.7 Å². The van der Waals surface area contributed by atoms with Gasteiger partial charge in [-0.1, -0.05) is 0 Å². The lowest BCUT2D eigenvalue weighted by Gasteiger charge is -2.25. The summed E-state index contributed by atoms with van der Waals surface area (Å²) in [6, 6.07) is 5.57. The number of amides is 1. The van der Waals surface area contributed by atoms with Crippen LogP contribution in [0, 0.1) is 11.3 Å². The lowest BCUT2D eigenvalue weighted by Crippen LogP contribution is -2.44. The first-order chi connectivity index (χ1) is 8.70. The predicted molar refractivity (Wildman–Crippen MR) is 65.4 cm³/mol. The van der Waals surface area contributed by atoms with E-state index in [1.54, 1.807) is 6.26 Å². The molecule has 0 saturated carbocycles. The lowest BCUT2D eigenvalue weighted by molar-refractivity contribution is -0.126. The minimum atomic E-state index is -0.384. The molecule has 0 aliphatic carbocycles. The van der Waals surface area contributed by atoms with Crippen molar-refractivity contribution in [3.8, 4) is 6.07 Å². The third-order valence-corrected chi connectivity index (χ3v) is 3.21. The second-order valence-corrected chi connectivity index (χ2v) is 4.63. The Balaban J connectivity index is 2.13. The molecule has 5 nitrogen and oxygen atoms in total. The third kappa shape index (κ3) is 2.90. The summed E-state index contributed by atoms with van der Waals surface area (Å²) in [7, 11) is 0. The Kier molecular flexibility index (Phi) is 4.00. The summed E-state index contributed by atoms with van der Waals surface area (Å²) in [6.07, 6.45) is 2.71. The molecular formula is C13H17N3O2. The van der Waals surface area contributed by atoms with Crippen LogP contribution in [-0.2, 0) is 11.3 Å². The number of nitriles is 1. The summed E-state index contributed by atoms with van der Waals surface area (Å²) >= 11 is 0. The molecule has 1 aromatic heterocycles. The molecule has 0 bridgehead atoms. The van der Waals surface area contributed by atoms with E-state index in [1.807, 2.05) is 24.0 Å². The van der Waals surface area contributed by atoms with Crippen molar-refractivity contribution in [2.45, 2.75) is 38.4 Å². The van der Waals surface area contributed by atoms with E-state index in [4.69, 9.17) is 9.68 Å². The van der Waals surface area contributed by atoms with Gasteiger partial charge in [-0.15, -0.1) is 0 Å². The van der Waals surface area contributed by atoms with Crippen molar-refractivity contribution < 1.29 is 9.21 Å². The van der Waals surface area contributed by atoms with Crippen LogP contribution in [-0.4, -0.2) is 29.4 Å². The monoisotopic (exact) mass is 247 g/mol. The zero-order valence-electron chi connectivity index (χ0n) is 10.4. The summed E-state index contributed by atoms with van der Waals surface area (Å²) in [5, 5.41) is 11.8. The van der Waals surface area contributed by atoms with Gasteiger partial charge in [-0.25, -0.2) is 0 Å². The van der Waals surface area contributed by atoms with Crippen LogP contribution in [0.1, 0.15) is 25.5 Å². The molecule has 1 N–H and O–H groups in total. The number of rotatable bonds is 3. The Hall–Kier alpha value is -1.80. The van der Waals surface area contributed by atoms with Crippen LogP contribution >= 0.6 is 0 Å². The molecule has 18 heavy (non-hydrogen) atoms. The average Bonchev–Trinajstić information content (AvgIpc) is 2.80. The van der Waals surface area contributed by atoms with Crippen LogP contribution in [0.4, 0.5) is 0 Å². The SMILES string of the molecule is CC1CCN(Cc2ccco2)C(CC#N)C(=O)N1. The van der Waals surface area contributed by atoms with E-state index < -0.39 is 0 Å². The van der Waals surface area contributed by atoms with Crippen molar-refractivity contribution >= 4 is 5.91 Å². The Morgan fingerprint density at radius 2 is 2.50 bits per heavy atom. The van der Waals surface area contributed by atoms with Gasteiger partial charge in [0.25, 0.3) is 0 Å². The van der Waals surface area contributed by atoms with Gasteiger partial charge in [0.1, 0.15) is 11.8 Å². The zero-order valence-corrected chi connectivity index (χ0v) is 10.4. The van der Waals surface area contributed by atoms with E-state index in [-0.39, 0.29) is 24.4 Å². The fourth-order valence-electron chi connectivity index (χ4n) is 2.19. The Labute approximate surface area is 106 Å². The molecule has 1 amide bonds. The number of furan rings is 1. The molecule has 2 unspecified atom stereocenters. The summed E-state index contributed by atoms with van der Waals surface area (Å²) in [5.74, 6) is 0.758. The summed E-state index contributed by atoms with van der Waals surface area (Å²) in [6.45, 7) is 3.34. The van der Waals surface area contributed by atoms with Crippen LogP contribution < -0.4 is 5.32 Å². The highest BCUT2D eigenvalue weighted by atomic mass is 16.3. The molecule has 1 aromatic rings. The highest BCUT2D eigenvalue weighted by Crippen LogP contribution is 2.15. The van der Waals surface area contributed by atoms with Crippen molar-refractivity contribution in [2.75, 3.05) is 6.54 Å². The van der Waals surface area contributed by atoms with Crippen molar-refractivity contribution in [1.29, 1.82) is 5.26 Å². The Bertz CT molecular complexity index is 436. The topological polar surface area (TPSA) is 69.3 Å². The number of hydrogen-bond acceptors (Lipinski definition) is 4. The number of hydrogen-bond donors (Lipinski definition) is 1. The van der Waals surface area contributed by atoms with E-state index >= 15 is 0 Å². The maximum atomic E-state index is 12.0. The molecule has 5 heteroatoms. The lowest BCUT2D eigenvalue weighted by atomic mass is 10.1. The first kappa shape index (κ1) is 12.7. The largest absolute Gasteiger partial charge is 0.468 e. The number of nitrogens with one attached hydrogen (secondary N) is 1. The minimum Gasteiger partial charge on any atom is -0.468 e. The highest BCUT2D eigenvalue weighted by molar-refractivity contribution is 5.82. The molecule has 0 aromatic carbocycles. The maximum Gasteiger partial charge on any atom is 0.238 e. The molecule has 1 fully saturated rings. The molecule has 0 spiro atoms. The standard InChI is InChI=1S/C13H17N3O2/c1-10-5-7-16(9-11-3-2-8-18-11)12(4-6-14)13(17)15-10/h2-3,8,10,12H,4-5,7,9H2,1H3,(H,15,17). The van der Waals surface area contributed by atoms with Crippen LogP contribution in [0.5, 0.6) is 0 Å². The van der Waals surface area contributed by atoms with Crippen molar-refractivity contribution in [1.82, 2.24) is 10.2 Å². The molecule has 96 valence electrons. The fraction of sp³-hybridized carbons (Fsp3) is 0.538. The molecule has 2 atom stereocenters. The molecule has 1 saturated heterocycles. The van der Waals surface area contributed by atoms with Gasteiger partial charge < -0.3 is 9.73 Å². The zero-order chi connectivity index (χ0) is 13.0. The van der Waals surface area contributed by atoms with Gasteiger partial charge in [-0.2, -0.15) is 5.26 Å². The van der Waals surface area contributed by atoms with Gasteiger partial charge in [0.05, 0.1) is 25.3 Å². The van der Waals surface area contributed by atoms with Gasteiger partial charge in [0.15, 0.2) is 0 Å². The molecular weight excluding hydrogens is 230 g/mol. The number of nitrogens with zero attached hydrogens (tertiary/aromatic N) is 2.